The summed E-state index contributed by atoms with van der Waals surface area (Å²) < 4.78 is 2.03. The van der Waals surface area contributed by atoms with E-state index in [-0.39, 0.29) is 0 Å². The second-order valence-corrected chi connectivity index (χ2v) is 3.07. The quantitative estimate of drug-likeness (QED) is 0.400. The third kappa shape index (κ3) is 2.73. The molecule has 0 aliphatic heterocycles. The van der Waals surface area contributed by atoms with E-state index in [1.54, 1.807) is 0 Å². The third-order valence-electron chi connectivity index (χ3n) is 2.08. The Labute approximate surface area is 85.8 Å². The summed E-state index contributed by atoms with van der Waals surface area (Å²) in [6.45, 7) is 6.77. The zero-order chi connectivity index (χ0) is 10.4. The predicted octanol–water partition coefficient (Wildman–Crippen LogP) is 2.33. The molecule has 2 heteroatoms. The first-order valence-electron chi connectivity index (χ1n) is 4.79. The molecule has 0 saturated carbocycles. The largest absolute Gasteiger partial charge is 0.243 e. The lowest BCUT2D eigenvalue weighted by Crippen LogP contribution is -2.21. The van der Waals surface area contributed by atoms with Gasteiger partial charge in [0.15, 0.2) is 0 Å². The van der Waals surface area contributed by atoms with Gasteiger partial charge in [-0.1, -0.05) is 24.8 Å². The minimum atomic E-state index is 0.931. The highest BCUT2D eigenvalue weighted by atomic mass is 15.2. The maximum Gasteiger partial charge on any atom is 0.243 e. The van der Waals surface area contributed by atoms with Gasteiger partial charge in [-0.25, -0.2) is 9.48 Å². The van der Waals surface area contributed by atoms with Crippen molar-refractivity contribution in [3.05, 3.63) is 43.1 Å². The van der Waals surface area contributed by atoms with E-state index >= 15 is 0 Å². The van der Waals surface area contributed by atoms with Crippen LogP contribution in [0.5, 0.6) is 0 Å². The van der Waals surface area contributed by atoms with Crippen LogP contribution in [-0.4, -0.2) is 24.5 Å². The smallest absolute Gasteiger partial charge is 0.241 e. The van der Waals surface area contributed by atoms with Crippen molar-refractivity contribution in [2.75, 3.05) is 18.5 Å². The highest BCUT2D eigenvalue weighted by Gasteiger charge is 2.03. The van der Waals surface area contributed by atoms with E-state index in [0.29, 0.717) is 0 Å². The molecule has 0 heterocycles. The number of rotatable bonds is 4. The molecule has 0 radical (unpaired) electrons. The Kier molecular flexibility index (Phi) is 3.92. The molecule has 1 aromatic rings. The number of hydrogen-bond donors (Lipinski definition) is 0. The van der Waals surface area contributed by atoms with Crippen LogP contribution >= 0.6 is 0 Å². The lowest BCUT2D eigenvalue weighted by atomic mass is 10.3. The molecule has 0 aromatic heterocycles. The van der Waals surface area contributed by atoms with E-state index in [1.807, 2.05) is 42.4 Å². The zero-order valence-electron chi connectivity index (χ0n) is 8.85. The fourth-order valence-electron chi connectivity index (χ4n) is 1.21. The van der Waals surface area contributed by atoms with Crippen LogP contribution in [0.1, 0.15) is 6.92 Å². The molecule has 0 aliphatic carbocycles. The molecule has 0 atom stereocenters. The Morgan fingerprint density at radius 3 is 2.50 bits per heavy atom. The summed E-state index contributed by atoms with van der Waals surface area (Å²) in [4.78, 5) is 2.07. The Balaban J connectivity index is 2.81. The van der Waals surface area contributed by atoms with Crippen LogP contribution in [0, 0.1) is 0 Å². The number of para-hydroxylation sites is 1. The first kappa shape index (κ1) is 10.5. The molecule has 1 aromatic carbocycles. The Morgan fingerprint density at radius 1 is 1.36 bits per heavy atom. The average Bonchev–Trinajstić information content (AvgIpc) is 2.26. The molecule has 0 spiro atoms. The highest BCUT2D eigenvalue weighted by molar-refractivity contribution is 5.74. The molecule has 0 saturated heterocycles. The van der Waals surface area contributed by atoms with Crippen molar-refractivity contribution in [3.63, 3.8) is 0 Å². The number of nitrogens with zero attached hydrogens (tertiary/aromatic N) is 2. The van der Waals surface area contributed by atoms with Gasteiger partial charge in [0, 0.05) is 0 Å². The predicted molar refractivity (Wildman–Crippen MR) is 61.9 cm³/mol. The lowest BCUT2D eigenvalue weighted by Gasteiger charge is -2.07. The molecule has 2 nitrogen and oxygen atoms in total. The standard InChI is InChI=1S/C12H17N2/c1-4-14(5-2)11-13(3)12-9-7-6-8-10-12/h4,6-11H,1,5H2,2-3H3/q+1. The number of hydrogen-bond acceptors (Lipinski definition) is 0. The number of benzene rings is 1. The summed E-state index contributed by atoms with van der Waals surface area (Å²) in [6.07, 6.45) is 3.85. The Bertz CT molecular complexity index is 314. The van der Waals surface area contributed by atoms with Crippen LogP contribution in [0.3, 0.4) is 0 Å². The van der Waals surface area contributed by atoms with Gasteiger partial charge in [0.1, 0.15) is 5.69 Å². The van der Waals surface area contributed by atoms with E-state index in [0.717, 1.165) is 6.54 Å². The minimum absolute atomic E-state index is 0.931. The maximum absolute atomic E-state index is 3.75. The maximum atomic E-state index is 3.75. The zero-order valence-corrected chi connectivity index (χ0v) is 8.85. The molecule has 0 bridgehead atoms. The van der Waals surface area contributed by atoms with Gasteiger partial charge in [0.05, 0.1) is 19.8 Å². The van der Waals surface area contributed by atoms with Crippen molar-refractivity contribution in [3.8, 4) is 0 Å². The SMILES string of the molecule is C=C[N+](=CN(C)c1ccccc1)CC. The molecule has 0 N–H and O–H groups in total. The molecule has 0 amide bonds. The third-order valence-corrected chi connectivity index (χ3v) is 2.08. The summed E-state index contributed by atoms with van der Waals surface area (Å²) in [5.41, 5.74) is 1.17. The van der Waals surface area contributed by atoms with Gasteiger partial charge in [-0.05, 0) is 19.1 Å². The summed E-state index contributed by atoms with van der Waals surface area (Å²) in [5.74, 6) is 0. The first-order chi connectivity index (χ1) is 6.77. The van der Waals surface area contributed by atoms with Crippen LogP contribution in [0.15, 0.2) is 43.1 Å². The van der Waals surface area contributed by atoms with Crippen LogP contribution in [0.2, 0.25) is 0 Å². The molecule has 74 valence electrons. The molecule has 1 rings (SSSR count). The summed E-state index contributed by atoms with van der Waals surface area (Å²) in [6, 6.07) is 10.2. The van der Waals surface area contributed by atoms with Gasteiger partial charge in [-0.2, -0.15) is 0 Å². The van der Waals surface area contributed by atoms with Gasteiger partial charge in [-0.3, -0.25) is 0 Å². The fraction of sp³-hybridized carbons (Fsp3) is 0.250. The van der Waals surface area contributed by atoms with E-state index in [9.17, 15) is 0 Å². The van der Waals surface area contributed by atoms with E-state index in [2.05, 4.69) is 30.5 Å². The average molecular weight is 189 g/mol. The molecular formula is C12H17N2+. The van der Waals surface area contributed by atoms with Crippen molar-refractivity contribution in [1.29, 1.82) is 0 Å². The molecular weight excluding hydrogens is 172 g/mol. The molecule has 0 unspecified atom stereocenters. The van der Waals surface area contributed by atoms with E-state index in [4.69, 9.17) is 0 Å². The van der Waals surface area contributed by atoms with Gasteiger partial charge >= 0.3 is 0 Å². The lowest BCUT2D eigenvalue weighted by molar-refractivity contribution is -0.448. The summed E-state index contributed by atoms with van der Waals surface area (Å²) >= 11 is 0. The van der Waals surface area contributed by atoms with Crippen molar-refractivity contribution in [2.24, 2.45) is 0 Å². The second kappa shape index (κ2) is 5.22. The highest BCUT2D eigenvalue weighted by Crippen LogP contribution is 2.08. The normalized spacial score (nSPS) is 11.1. The summed E-state index contributed by atoms with van der Waals surface area (Å²) in [5, 5.41) is 0. The van der Waals surface area contributed by atoms with E-state index in [1.165, 1.54) is 5.69 Å². The summed E-state index contributed by atoms with van der Waals surface area (Å²) in [7, 11) is 2.03. The van der Waals surface area contributed by atoms with Gasteiger partial charge < -0.3 is 0 Å². The monoisotopic (exact) mass is 189 g/mol. The van der Waals surface area contributed by atoms with Gasteiger partial charge in [-0.15, -0.1) is 0 Å². The van der Waals surface area contributed by atoms with Crippen LogP contribution < -0.4 is 4.90 Å². The van der Waals surface area contributed by atoms with Crippen LogP contribution in [0.25, 0.3) is 0 Å². The van der Waals surface area contributed by atoms with E-state index < -0.39 is 0 Å². The molecule has 0 fully saturated rings. The van der Waals surface area contributed by atoms with Crippen LogP contribution in [0.4, 0.5) is 5.69 Å². The minimum Gasteiger partial charge on any atom is -0.241 e. The second-order valence-electron chi connectivity index (χ2n) is 3.07. The van der Waals surface area contributed by atoms with Gasteiger partial charge in [0.25, 0.3) is 0 Å². The fourth-order valence-corrected chi connectivity index (χ4v) is 1.21. The number of anilines is 1. The molecule has 0 aliphatic rings. The first-order valence-corrected chi connectivity index (χ1v) is 4.79. The Hall–Kier alpha value is -1.57. The van der Waals surface area contributed by atoms with Crippen molar-refractivity contribution >= 4 is 12.0 Å². The topological polar surface area (TPSA) is 6.25 Å². The van der Waals surface area contributed by atoms with Gasteiger partial charge in [0.2, 0.25) is 6.34 Å². The van der Waals surface area contributed by atoms with Crippen LogP contribution in [-0.2, 0) is 0 Å². The molecule has 14 heavy (non-hydrogen) atoms. The van der Waals surface area contributed by atoms with Crippen molar-refractivity contribution in [1.82, 2.24) is 0 Å². The Morgan fingerprint density at radius 2 is 2.00 bits per heavy atom. The van der Waals surface area contributed by atoms with Crippen molar-refractivity contribution in [2.45, 2.75) is 6.92 Å². The van der Waals surface area contributed by atoms with Crippen molar-refractivity contribution < 1.29 is 4.58 Å².